The molecule has 0 heterocycles. The van der Waals surface area contributed by atoms with Crippen LogP contribution in [-0.2, 0) is 9.47 Å². The second-order valence-electron chi connectivity index (χ2n) is 4.87. The molecule has 0 spiro atoms. The number of hydrogen-bond donors (Lipinski definition) is 0. The van der Waals surface area contributed by atoms with Crippen LogP contribution in [0.5, 0.6) is 0 Å². The lowest BCUT2D eigenvalue weighted by Gasteiger charge is -2.17. The number of unbranched alkanes of at least 4 members (excludes halogenated alkanes) is 4. The Bertz CT molecular complexity index is 202. The van der Waals surface area contributed by atoms with Gasteiger partial charge in [0.15, 0.2) is 0 Å². The van der Waals surface area contributed by atoms with Crippen molar-refractivity contribution in [3.05, 3.63) is 0 Å². The van der Waals surface area contributed by atoms with E-state index < -0.39 is 6.16 Å². The molecule has 0 amide bonds. The number of alkyl halides is 1. The van der Waals surface area contributed by atoms with Crippen molar-refractivity contribution in [2.75, 3.05) is 11.9 Å². The zero-order chi connectivity index (χ0) is 14.3. The minimum Gasteiger partial charge on any atom is -0.434 e. The quantitative estimate of drug-likeness (QED) is 0.270. The topological polar surface area (TPSA) is 35.5 Å². The first kappa shape index (κ1) is 18.8. The smallest absolute Gasteiger partial charge is 0.434 e. The molecule has 0 aromatic heterocycles. The maximum atomic E-state index is 11.6. The highest BCUT2D eigenvalue weighted by atomic mass is 79.9. The maximum absolute atomic E-state index is 11.6. The Morgan fingerprint density at radius 3 is 2.16 bits per heavy atom. The van der Waals surface area contributed by atoms with E-state index in [0.717, 1.165) is 63.1 Å². The van der Waals surface area contributed by atoms with Crippen LogP contribution in [0.15, 0.2) is 0 Å². The van der Waals surface area contributed by atoms with Crippen LogP contribution < -0.4 is 0 Å². The van der Waals surface area contributed by atoms with Gasteiger partial charge in [0.05, 0.1) is 6.61 Å². The fourth-order valence-corrected chi connectivity index (χ4v) is 2.22. The van der Waals surface area contributed by atoms with E-state index in [1.165, 1.54) is 0 Å². The second kappa shape index (κ2) is 14.2. The first-order valence-electron chi connectivity index (χ1n) is 7.63. The van der Waals surface area contributed by atoms with Gasteiger partial charge in [-0.05, 0) is 32.1 Å². The predicted molar refractivity (Wildman–Crippen MR) is 82.9 cm³/mol. The van der Waals surface area contributed by atoms with Crippen LogP contribution in [0.4, 0.5) is 4.79 Å². The summed E-state index contributed by atoms with van der Waals surface area (Å²) in [6.45, 7) is 4.78. The van der Waals surface area contributed by atoms with Gasteiger partial charge < -0.3 is 9.47 Å². The molecule has 0 aliphatic heterocycles. The van der Waals surface area contributed by atoms with E-state index in [-0.39, 0.29) is 6.10 Å². The van der Waals surface area contributed by atoms with Gasteiger partial charge in [-0.1, -0.05) is 55.5 Å². The fourth-order valence-electron chi connectivity index (χ4n) is 1.82. The van der Waals surface area contributed by atoms with Crippen LogP contribution in [0.3, 0.4) is 0 Å². The normalized spacial score (nSPS) is 10.7. The average Bonchev–Trinajstić information content (AvgIpc) is 2.41. The summed E-state index contributed by atoms with van der Waals surface area (Å²) in [6, 6.07) is 0. The molecule has 114 valence electrons. The van der Waals surface area contributed by atoms with Gasteiger partial charge in [0.2, 0.25) is 0 Å². The van der Waals surface area contributed by atoms with Gasteiger partial charge in [0.1, 0.15) is 6.10 Å². The minimum atomic E-state index is -0.490. The van der Waals surface area contributed by atoms with Crippen LogP contribution in [-0.4, -0.2) is 24.2 Å². The van der Waals surface area contributed by atoms with Gasteiger partial charge in [-0.3, -0.25) is 0 Å². The van der Waals surface area contributed by atoms with Gasteiger partial charge >= 0.3 is 6.16 Å². The zero-order valence-electron chi connectivity index (χ0n) is 12.5. The summed E-state index contributed by atoms with van der Waals surface area (Å²) in [6.07, 6.45) is 9.04. The molecule has 0 bridgehead atoms. The molecule has 0 aromatic rings. The second-order valence-corrected chi connectivity index (χ2v) is 5.67. The van der Waals surface area contributed by atoms with Crippen molar-refractivity contribution in [1.82, 2.24) is 0 Å². The Morgan fingerprint density at radius 1 is 1.00 bits per heavy atom. The third-order valence-corrected chi connectivity index (χ3v) is 3.58. The predicted octanol–water partition coefficient (Wildman–Crippen LogP) is 5.45. The molecule has 0 aromatic carbocycles. The zero-order valence-corrected chi connectivity index (χ0v) is 14.0. The lowest BCUT2D eigenvalue weighted by molar-refractivity contribution is 0.0158. The summed E-state index contributed by atoms with van der Waals surface area (Å²) in [7, 11) is 0. The molecule has 19 heavy (non-hydrogen) atoms. The summed E-state index contributed by atoms with van der Waals surface area (Å²) in [5.74, 6) is 0. The van der Waals surface area contributed by atoms with Crippen LogP contribution in [0.25, 0.3) is 0 Å². The van der Waals surface area contributed by atoms with Crippen molar-refractivity contribution in [2.45, 2.75) is 77.7 Å². The lowest BCUT2D eigenvalue weighted by atomic mass is 10.1. The summed E-state index contributed by atoms with van der Waals surface area (Å²) in [5.41, 5.74) is 0. The summed E-state index contributed by atoms with van der Waals surface area (Å²) in [5, 5.41) is 1.01. The summed E-state index contributed by atoms with van der Waals surface area (Å²) >= 11 is 3.38. The van der Waals surface area contributed by atoms with Crippen LogP contribution >= 0.6 is 15.9 Å². The molecule has 0 fully saturated rings. The molecule has 0 rings (SSSR count). The van der Waals surface area contributed by atoms with E-state index in [0.29, 0.717) is 6.61 Å². The molecular weight excluding hydrogens is 308 g/mol. The SMILES string of the molecule is CCCCC(CCCC)OC(=O)OCCCCCBr. The Labute approximate surface area is 126 Å². The average molecular weight is 337 g/mol. The highest BCUT2D eigenvalue weighted by Gasteiger charge is 2.14. The van der Waals surface area contributed by atoms with Crippen molar-refractivity contribution >= 4 is 22.1 Å². The molecule has 3 nitrogen and oxygen atoms in total. The van der Waals surface area contributed by atoms with Crippen molar-refractivity contribution in [3.8, 4) is 0 Å². The minimum absolute atomic E-state index is 0.0370. The van der Waals surface area contributed by atoms with Gasteiger partial charge in [0.25, 0.3) is 0 Å². The molecule has 0 radical (unpaired) electrons. The lowest BCUT2D eigenvalue weighted by Crippen LogP contribution is -2.19. The number of halogens is 1. The number of hydrogen-bond acceptors (Lipinski definition) is 3. The molecule has 0 saturated carbocycles. The van der Waals surface area contributed by atoms with Gasteiger partial charge in [-0.2, -0.15) is 0 Å². The van der Waals surface area contributed by atoms with Crippen molar-refractivity contribution in [1.29, 1.82) is 0 Å². The van der Waals surface area contributed by atoms with Crippen molar-refractivity contribution in [2.24, 2.45) is 0 Å². The largest absolute Gasteiger partial charge is 0.508 e. The highest BCUT2D eigenvalue weighted by molar-refractivity contribution is 9.09. The summed E-state index contributed by atoms with van der Waals surface area (Å²) in [4.78, 5) is 11.6. The van der Waals surface area contributed by atoms with Gasteiger partial charge in [-0.25, -0.2) is 4.79 Å². The Kier molecular flexibility index (Phi) is 14.0. The molecule has 0 aliphatic carbocycles. The highest BCUT2D eigenvalue weighted by Crippen LogP contribution is 2.13. The van der Waals surface area contributed by atoms with E-state index in [1.807, 2.05) is 0 Å². The van der Waals surface area contributed by atoms with E-state index in [9.17, 15) is 4.79 Å². The number of carbonyl (C=O) groups excluding carboxylic acids is 1. The van der Waals surface area contributed by atoms with Crippen LogP contribution in [0.1, 0.15) is 71.6 Å². The van der Waals surface area contributed by atoms with E-state index in [2.05, 4.69) is 29.8 Å². The van der Waals surface area contributed by atoms with Crippen molar-refractivity contribution in [3.63, 3.8) is 0 Å². The first-order valence-corrected chi connectivity index (χ1v) is 8.76. The Balaban J connectivity index is 3.74. The monoisotopic (exact) mass is 336 g/mol. The van der Waals surface area contributed by atoms with Gasteiger partial charge in [0, 0.05) is 5.33 Å². The molecule has 0 unspecified atom stereocenters. The molecule has 0 N–H and O–H groups in total. The van der Waals surface area contributed by atoms with Crippen LogP contribution in [0.2, 0.25) is 0 Å². The Hall–Kier alpha value is -0.250. The maximum Gasteiger partial charge on any atom is 0.508 e. The molecule has 4 heteroatoms. The van der Waals surface area contributed by atoms with E-state index in [4.69, 9.17) is 9.47 Å². The Morgan fingerprint density at radius 2 is 1.63 bits per heavy atom. The molecule has 0 aliphatic rings. The first-order chi connectivity index (χ1) is 9.24. The van der Waals surface area contributed by atoms with E-state index >= 15 is 0 Å². The van der Waals surface area contributed by atoms with Crippen LogP contribution in [0, 0.1) is 0 Å². The number of carbonyl (C=O) groups is 1. The summed E-state index contributed by atoms with van der Waals surface area (Å²) < 4.78 is 10.5. The molecule has 0 atom stereocenters. The fraction of sp³-hybridized carbons (Fsp3) is 0.933. The molecule has 0 saturated heterocycles. The third kappa shape index (κ3) is 12.5. The number of ether oxygens (including phenoxy) is 2. The third-order valence-electron chi connectivity index (χ3n) is 3.02. The van der Waals surface area contributed by atoms with Crippen molar-refractivity contribution < 1.29 is 14.3 Å². The standard InChI is InChI=1S/C15H29BrO3/c1-3-5-10-14(11-6-4-2)19-15(17)18-13-9-7-8-12-16/h14H,3-13H2,1-2H3. The number of rotatable bonds is 12. The molecular formula is C15H29BrO3. The van der Waals surface area contributed by atoms with Gasteiger partial charge in [-0.15, -0.1) is 0 Å². The van der Waals surface area contributed by atoms with E-state index in [1.54, 1.807) is 0 Å².